The van der Waals surface area contributed by atoms with Gasteiger partial charge in [0.1, 0.15) is 12.4 Å². The molecule has 1 aliphatic rings. The number of hydrogen-bond donors (Lipinski definition) is 2. The summed E-state index contributed by atoms with van der Waals surface area (Å²) in [7, 11) is 0. The van der Waals surface area contributed by atoms with E-state index in [2.05, 4.69) is 41.4 Å². The topological polar surface area (TPSA) is 51.0 Å². The normalized spacial score (nSPS) is 15.1. The van der Waals surface area contributed by atoms with Crippen molar-refractivity contribution in [3.63, 3.8) is 0 Å². The first-order valence-electron chi connectivity index (χ1n) is 9.35. The average Bonchev–Trinajstić information content (AvgIpc) is 3.31. The first kappa shape index (κ1) is 16.2. The molecular formula is C22H26N2O. The first-order valence-corrected chi connectivity index (χ1v) is 9.35. The lowest BCUT2D eigenvalue weighted by Crippen LogP contribution is -2.02. The Balaban J connectivity index is 1.43. The smallest absolute Gasteiger partial charge is 0.120 e. The van der Waals surface area contributed by atoms with Crippen LogP contribution in [0.3, 0.4) is 0 Å². The summed E-state index contributed by atoms with van der Waals surface area (Å²) < 4.78 is 6.02. The van der Waals surface area contributed by atoms with E-state index < -0.39 is 0 Å². The highest BCUT2D eigenvalue weighted by molar-refractivity contribution is 5.84. The van der Waals surface area contributed by atoms with Crippen molar-refractivity contribution in [2.75, 3.05) is 6.54 Å². The standard InChI is InChI=1S/C22H26N2O/c23-12-11-19-14-24-22-10-9-20(13-21(19)22)25-15-16-5-7-18(8-6-16)17-3-1-2-4-17/h5-10,13-14,17,24H,1-4,11-12,15,23H2. The Hall–Kier alpha value is -2.26. The van der Waals surface area contributed by atoms with E-state index in [4.69, 9.17) is 10.5 Å². The van der Waals surface area contributed by atoms with Crippen molar-refractivity contribution in [1.29, 1.82) is 0 Å². The number of benzene rings is 2. The number of ether oxygens (including phenoxy) is 1. The van der Waals surface area contributed by atoms with Gasteiger partial charge in [0.15, 0.2) is 0 Å². The molecule has 1 saturated carbocycles. The second kappa shape index (κ2) is 7.32. The van der Waals surface area contributed by atoms with Crippen LogP contribution >= 0.6 is 0 Å². The third kappa shape index (κ3) is 3.57. The molecule has 1 aliphatic carbocycles. The fourth-order valence-electron chi connectivity index (χ4n) is 3.92. The third-order valence-corrected chi connectivity index (χ3v) is 5.36. The Morgan fingerprint density at radius 1 is 1.04 bits per heavy atom. The van der Waals surface area contributed by atoms with Crippen molar-refractivity contribution in [3.8, 4) is 5.75 Å². The van der Waals surface area contributed by atoms with Gasteiger partial charge in [-0.25, -0.2) is 0 Å². The van der Waals surface area contributed by atoms with Gasteiger partial charge in [0, 0.05) is 17.1 Å². The van der Waals surface area contributed by atoms with Gasteiger partial charge < -0.3 is 15.5 Å². The van der Waals surface area contributed by atoms with Gasteiger partial charge in [-0.1, -0.05) is 37.1 Å². The number of nitrogens with two attached hydrogens (primary N) is 1. The van der Waals surface area contributed by atoms with Gasteiger partial charge in [-0.2, -0.15) is 0 Å². The molecule has 1 heterocycles. The molecule has 25 heavy (non-hydrogen) atoms. The van der Waals surface area contributed by atoms with Crippen LogP contribution in [0.15, 0.2) is 48.7 Å². The maximum absolute atomic E-state index is 6.02. The van der Waals surface area contributed by atoms with Crippen LogP contribution in [-0.2, 0) is 13.0 Å². The van der Waals surface area contributed by atoms with Crippen LogP contribution in [0, 0.1) is 0 Å². The number of fused-ring (bicyclic) bond motifs is 1. The molecule has 0 aliphatic heterocycles. The number of nitrogens with one attached hydrogen (secondary N) is 1. The molecular weight excluding hydrogens is 308 g/mol. The molecule has 3 N–H and O–H groups in total. The highest BCUT2D eigenvalue weighted by Crippen LogP contribution is 2.34. The Bertz CT molecular complexity index is 829. The van der Waals surface area contributed by atoms with E-state index in [1.54, 1.807) is 0 Å². The van der Waals surface area contributed by atoms with Gasteiger partial charge in [0.05, 0.1) is 0 Å². The van der Waals surface area contributed by atoms with E-state index in [1.807, 2.05) is 12.3 Å². The minimum absolute atomic E-state index is 0.604. The van der Waals surface area contributed by atoms with Crippen LogP contribution in [-0.4, -0.2) is 11.5 Å². The molecule has 0 amide bonds. The van der Waals surface area contributed by atoms with Gasteiger partial charge in [-0.15, -0.1) is 0 Å². The highest BCUT2D eigenvalue weighted by atomic mass is 16.5. The number of aromatic nitrogens is 1. The molecule has 3 heteroatoms. The molecule has 0 bridgehead atoms. The summed E-state index contributed by atoms with van der Waals surface area (Å²) >= 11 is 0. The van der Waals surface area contributed by atoms with E-state index in [-0.39, 0.29) is 0 Å². The minimum Gasteiger partial charge on any atom is -0.489 e. The van der Waals surface area contributed by atoms with Crippen LogP contribution in [0.25, 0.3) is 10.9 Å². The number of hydrogen-bond acceptors (Lipinski definition) is 2. The molecule has 0 spiro atoms. The molecule has 2 aromatic carbocycles. The Labute approximate surface area is 149 Å². The molecule has 3 nitrogen and oxygen atoms in total. The zero-order chi connectivity index (χ0) is 17.1. The van der Waals surface area contributed by atoms with Gasteiger partial charge in [0.25, 0.3) is 0 Å². The van der Waals surface area contributed by atoms with Crippen molar-refractivity contribution in [2.45, 2.75) is 44.6 Å². The fraction of sp³-hybridized carbons (Fsp3) is 0.364. The van der Waals surface area contributed by atoms with E-state index in [1.165, 1.54) is 47.8 Å². The Kier molecular flexibility index (Phi) is 4.75. The van der Waals surface area contributed by atoms with Crippen molar-refractivity contribution >= 4 is 10.9 Å². The van der Waals surface area contributed by atoms with E-state index in [0.717, 1.165) is 23.6 Å². The molecule has 0 atom stereocenters. The fourth-order valence-corrected chi connectivity index (χ4v) is 3.92. The van der Waals surface area contributed by atoms with Crippen molar-refractivity contribution in [1.82, 2.24) is 4.98 Å². The van der Waals surface area contributed by atoms with Crippen LogP contribution in [0.5, 0.6) is 5.75 Å². The highest BCUT2D eigenvalue weighted by Gasteiger charge is 2.16. The number of H-pyrrole nitrogens is 1. The molecule has 1 aromatic heterocycles. The van der Waals surface area contributed by atoms with Crippen LogP contribution in [0.2, 0.25) is 0 Å². The van der Waals surface area contributed by atoms with E-state index >= 15 is 0 Å². The number of rotatable bonds is 6. The first-order chi connectivity index (χ1) is 12.3. The molecule has 1 fully saturated rings. The SMILES string of the molecule is NCCc1c[nH]c2ccc(OCc3ccc(C4CCCC4)cc3)cc12. The molecule has 4 rings (SSSR count). The van der Waals surface area contributed by atoms with Gasteiger partial charge in [-0.05, 0) is 66.6 Å². The summed E-state index contributed by atoms with van der Waals surface area (Å²) in [6.45, 7) is 1.26. The van der Waals surface area contributed by atoms with Crippen LogP contribution in [0.4, 0.5) is 0 Å². The minimum atomic E-state index is 0.604. The number of aromatic amines is 1. The average molecular weight is 334 g/mol. The predicted molar refractivity (Wildman–Crippen MR) is 103 cm³/mol. The lowest BCUT2D eigenvalue weighted by molar-refractivity contribution is 0.306. The Morgan fingerprint density at radius 3 is 2.60 bits per heavy atom. The lowest BCUT2D eigenvalue weighted by Gasteiger charge is -2.11. The molecule has 130 valence electrons. The molecule has 3 aromatic rings. The summed E-state index contributed by atoms with van der Waals surface area (Å²) in [5.41, 5.74) is 10.8. The Morgan fingerprint density at radius 2 is 1.84 bits per heavy atom. The van der Waals surface area contributed by atoms with Crippen molar-refractivity contribution in [2.24, 2.45) is 5.73 Å². The second-order valence-electron chi connectivity index (χ2n) is 7.07. The quantitative estimate of drug-likeness (QED) is 0.673. The van der Waals surface area contributed by atoms with Crippen molar-refractivity contribution < 1.29 is 4.74 Å². The molecule has 0 saturated heterocycles. The monoisotopic (exact) mass is 334 g/mol. The van der Waals surface area contributed by atoms with E-state index in [9.17, 15) is 0 Å². The van der Waals surface area contributed by atoms with Gasteiger partial charge in [-0.3, -0.25) is 0 Å². The maximum atomic E-state index is 6.02. The lowest BCUT2D eigenvalue weighted by atomic mass is 9.97. The van der Waals surface area contributed by atoms with E-state index in [0.29, 0.717) is 13.2 Å². The molecule has 0 unspecified atom stereocenters. The van der Waals surface area contributed by atoms with Crippen LogP contribution < -0.4 is 10.5 Å². The summed E-state index contributed by atoms with van der Waals surface area (Å²) in [4.78, 5) is 3.30. The predicted octanol–water partition coefficient (Wildman–Crippen LogP) is 4.91. The largest absolute Gasteiger partial charge is 0.489 e. The zero-order valence-corrected chi connectivity index (χ0v) is 14.6. The summed E-state index contributed by atoms with van der Waals surface area (Å²) in [5, 5.41) is 1.21. The summed E-state index contributed by atoms with van der Waals surface area (Å²) in [6, 6.07) is 15.2. The van der Waals surface area contributed by atoms with Crippen molar-refractivity contribution in [3.05, 3.63) is 65.4 Å². The summed E-state index contributed by atoms with van der Waals surface area (Å²) in [5.74, 6) is 1.68. The van der Waals surface area contributed by atoms with Crippen LogP contribution in [0.1, 0.15) is 48.3 Å². The second-order valence-corrected chi connectivity index (χ2v) is 7.07. The maximum Gasteiger partial charge on any atom is 0.120 e. The zero-order valence-electron chi connectivity index (χ0n) is 14.6. The summed E-state index contributed by atoms with van der Waals surface area (Å²) in [6.07, 6.45) is 8.37. The van der Waals surface area contributed by atoms with Gasteiger partial charge >= 0.3 is 0 Å². The third-order valence-electron chi connectivity index (χ3n) is 5.36. The van der Waals surface area contributed by atoms with Gasteiger partial charge in [0.2, 0.25) is 0 Å². The molecule has 0 radical (unpaired) electrons.